The summed E-state index contributed by atoms with van der Waals surface area (Å²) < 4.78 is 7.52. The summed E-state index contributed by atoms with van der Waals surface area (Å²) in [6.07, 6.45) is 9.80. The number of piperidine rings is 1. The van der Waals surface area contributed by atoms with Gasteiger partial charge < -0.3 is 29.9 Å². The quantitative estimate of drug-likeness (QED) is 0.408. The molecular weight excluding hydrogens is 486 g/mol. The summed E-state index contributed by atoms with van der Waals surface area (Å²) in [6.45, 7) is 5.97. The molecule has 0 radical (unpaired) electrons. The van der Waals surface area contributed by atoms with Crippen LogP contribution in [-0.2, 0) is 11.3 Å². The molecule has 0 saturated carbocycles. The Hall–Kier alpha value is -4.21. The van der Waals surface area contributed by atoms with Crippen LogP contribution in [-0.4, -0.2) is 86.5 Å². The van der Waals surface area contributed by atoms with Gasteiger partial charge in [-0.25, -0.2) is 19.7 Å². The van der Waals surface area contributed by atoms with Crippen molar-refractivity contribution in [3.05, 3.63) is 54.4 Å². The van der Waals surface area contributed by atoms with Crippen molar-refractivity contribution < 1.29 is 14.6 Å². The van der Waals surface area contributed by atoms with E-state index in [1.165, 1.54) is 22.9 Å². The average Bonchev–Trinajstić information content (AvgIpc) is 3.41. The molecule has 3 N–H and O–H groups in total. The standard InChI is InChI=1S/C26H31N9O3/c27-11-21-13-30-25(15-28-21)32-24-10-22(29-12-19-2-1-4-35(17-19)26(36)37)23(14-31-24)34-5-3-20(18-34)16-33-6-8-38-9-7-33/h3,5,10,13-15,18-19H,1-2,4,6-9,12,16-17H2,(H,36,37)(H2,29,30,31,32). The highest BCUT2D eigenvalue weighted by Crippen LogP contribution is 2.27. The summed E-state index contributed by atoms with van der Waals surface area (Å²) >= 11 is 0. The van der Waals surface area contributed by atoms with Crippen LogP contribution in [0.25, 0.3) is 5.69 Å². The van der Waals surface area contributed by atoms with Gasteiger partial charge in [0, 0.05) is 57.7 Å². The van der Waals surface area contributed by atoms with Crippen LogP contribution in [0.1, 0.15) is 24.1 Å². The molecule has 38 heavy (non-hydrogen) atoms. The van der Waals surface area contributed by atoms with Gasteiger partial charge in [-0.1, -0.05) is 0 Å². The van der Waals surface area contributed by atoms with Gasteiger partial charge in [-0.2, -0.15) is 5.26 Å². The van der Waals surface area contributed by atoms with E-state index in [9.17, 15) is 9.90 Å². The first kappa shape index (κ1) is 25.4. The summed E-state index contributed by atoms with van der Waals surface area (Å²) in [4.78, 5) is 28.2. The van der Waals surface area contributed by atoms with E-state index in [1.807, 2.05) is 18.3 Å². The molecule has 2 aliphatic rings. The Morgan fingerprint density at radius 1 is 1.16 bits per heavy atom. The number of ether oxygens (including phenoxy) is 1. The van der Waals surface area contributed by atoms with Crippen LogP contribution in [0.15, 0.2) is 43.1 Å². The smallest absolute Gasteiger partial charge is 0.407 e. The molecule has 0 aliphatic carbocycles. The van der Waals surface area contributed by atoms with E-state index in [-0.39, 0.29) is 11.6 Å². The molecule has 1 atom stereocenters. The van der Waals surface area contributed by atoms with Crippen LogP contribution in [0.4, 0.5) is 22.1 Å². The number of aromatic nitrogens is 4. The third-order valence-corrected chi connectivity index (χ3v) is 6.82. The van der Waals surface area contributed by atoms with Gasteiger partial charge in [0.05, 0.1) is 43.2 Å². The lowest BCUT2D eigenvalue weighted by molar-refractivity contribution is 0.0342. The number of nitrogens with zero attached hydrogens (tertiary/aromatic N) is 7. The largest absolute Gasteiger partial charge is 0.465 e. The molecule has 3 aromatic rings. The maximum absolute atomic E-state index is 11.5. The number of hydrogen-bond donors (Lipinski definition) is 3. The van der Waals surface area contributed by atoms with Crippen molar-refractivity contribution in [1.82, 2.24) is 29.3 Å². The van der Waals surface area contributed by atoms with Crippen molar-refractivity contribution in [3.63, 3.8) is 0 Å². The highest BCUT2D eigenvalue weighted by Gasteiger charge is 2.23. The molecule has 12 nitrogen and oxygen atoms in total. The van der Waals surface area contributed by atoms with E-state index in [2.05, 4.69) is 47.3 Å². The Morgan fingerprint density at radius 2 is 2.00 bits per heavy atom. The fourth-order valence-electron chi connectivity index (χ4n) is 4.81. The summed E-state index contributed by atoms with van der Waals surface area (Å²) in [5.74, 6) is 1.27. The number of hydrogen-bond acceptors (Lipinski definition) is 9. The highest BCUT2D eigenvalue weighted by molar-refractivity contribution is 5.67. The predicted molar refractivity (Wildman–Crippen MR) is 141 cm³/mol. The van der Waals surface area contributed by atoms with Crippen LogP contribution < -0.4 is 10.6 Å². The van der Waals surface area contributed by atoms with E-state index >= 15 is 0 Å². The zero-order chi connectivity index (χ0) is 26.3. The molecule has 0 bridgehead atoms. The molecule has 1 unspecified atom stereocenters. The molecule has 3 aromatic heterocycles. The van der Waals surface area contributed by atoms with E-state index in [0.29, 0.717) is 31.3 Å². The molecule has 2 saturated heterocycles. The minimum atomic E-state index is -0.866. The van der Waals surface area contributed by atoms with Gasteiger partial charge in [-0.3, -0.25) is 4.90 Å². The predicted octanol–water partition coefficient (Wildman–Crippen LogP) is 2.91. The van der Waals surface area contributed by atoms with E-state index in [1.54, 1.807) is 6.20 Å². The number of likely N-dealkylation sites (tertiary alicyclic amines) is 1. The summed E-state index contributed by atoms with van der Waals surface area (Å²) in [7, 11) is 0. The lowest BCUT2D eigenvalue weighted by Gasteiger charge is -2.31. The molecule has 2 aliphatic heterocycles. The van der Waals surface area contributed by atoms with E-state index in [4.69, 9.17) is 10.00 Å². The van der Waals surface area contributed by atoms with Gasteiger partial charge in [0.15, 0.2) is 5.69 Å². The monoisotopic (exact) mass is 517 g/mol. The van der Waals surface area contributed by atoms with Crippen molar-refractivity contribution in [3.8, 4) is 11.8 Å². The van der Waals surface area contributed by atoms with Crippen molar-refractivity contribution in [2.75, 3.05) is 56.6 Å². The van der Waals surface area contributed by atoms with Crippen LogP contribution in [0, 0.1) is 17.2 Å². The third kappa shape index (κ3) is 6.37. The third-order valence-electron chi connectivity index (χ3n) is 6.82. The summed E-state index contributed by atoms with van der Waals surface area (Å²) in [5.41, 5.74) is 3.20. The Bertz CT molecular complexity index is 1280. The Labute approximate surface area is 220 Å². The van der Waals surface area contributed by atoms with Gasteiger partial charge in [-0.05, 0) is 30.4 Å². The van der Waals surface area contributed by atoms with Crippen LogP contribution in [0.3, 0.4) is 0 Å². The number of carbonyl (C=O) groups is 1. The second-order valence-electron chi connectivity index (χ2n) is 9.54. The fraction of sp³-hybridized carbons (Fsp3) is 0.423. The van der Waals surface area contributed by atoms with E-state index in [0.717, 1.165) is 57.1 Å². The molecule has 12 heteroatoms. The first-order valence-corrected chi connectivity index (χ1v) is 12.8. The average molecular weight is 518 g/mol. The second-order valence-corrected chi connectivity index (χ2v) is 9.54. The lowest BCUT2D eigenvalue weighted by Crippen LogP contribution is -2.41. The van der Waals surface area contributed by atoms with Crippen molar-refractivity contribution >= 4 is 23.4 Å². The zero-order valence-corrected chi connectivity index (χ0v) is 21.1. The summed E-state index contributed by atoms with van der Waals surface area (Å²) in [5, 5.41) is 25.1. The van der Waals surface area contributed by atoms with Crippen LogP contribution in [0.2, 0.25) is 0 Å². The SMILES string of the molecule is N#Cc1cnc(Nc2cc(NCC3CCCN(C(=O)O)C3)c(-n3ccc(CN4CCOCC4)c3)cn2)cn1. The number of anilines is 3. The van der Waals surface area contributed by atoms with E-state index < -0.39 is 6.09 Å². The first-order chi connectivity index (χ1) is 18.6. The molecular formula is C26H31N9O3. The Morgan fingerprint density at radius 3 is 2.76 bits per heavy atom. The van der Waals surface area contributed by atoms with Gasteiger partial charge in [0.2, 0.25) is 0 Å². The number of rotatable bonds is 8. The summed E-state index contributed by atoms with van der Waals surface area (Å²) in [6, 6.07) is 5.99. The number of morpholine rings is 1. The topological polar surface area (TPSA) is 144 Å². The maximum Gasteiger partial charge on any atom is 0.407 e. The Balaban J connectivity index is 1.35. The fourth-order valence-corrected chi connectivity index (χ4v) is 4.81. The zero-order valence-electron chi connectivity index (χ0n) is 21.1. The number of nitriles is 1. The normalized spacial score (nSPS) is 18.1. The molecule has 5 rings (SSSR count). The molecule has 1 amide bonds. The minimum Gasteiger partial charge on any atom is -0.465 e. The minimum absolute atomic E-state index is 0.211. The van der Waals surface area contributed by atoms with Crippen molar-refractivity contribution in [2.45, 2.75) is 19.4 Å². The van der Waals surface area contributed by atoms with Crippen LogP contribution in [0.5, 0.6) is 0 Å². The molecule has 2 fully saturated rings. The van der Waals surface area contributed by atoms with Gasteiger partial charge in [0.1, 0.15) is 17.7 Å². The van der Waals surface area contributed by atoms with Gasteiger partial charge in [-0.15, -0.1) is 0 Å². The van der Waals surface area contributed by atoms with Gasteiger partial charge in [0.25, 0.3) is 0 Å². The second kappa shape index (κ2) is 11.9. The first-order valence-electron chi connectivity index (χ1n) is 12.8. The highest BCUT2D eigenvalue weighted by atomic mass is 16.5. The van der Waals surface area contributed by atoms with Crippen molar-refractivity contribution in [1.29, 1.82) is 5.26 Å². The molecule has 0 spiro atoms. The lowest BCUT2D eigenvalue weighted by atomic mass is 9.98. The molecule has 0 aromatic carbocycles. The number of nitrogens with one attached hydrogen (secondary N) is 2. The number of pyridine rings is 1. The van der Waals surface area contributed by atoms with Crippen molar-refractivity contribution in [2.24, 2.45) is 5.92 Å². The maximum atomic E-state index is 11.5. The Kier molecular flexibility index (Phi) is 7.96. The number of carboxylic acid groups (broad SMARTS) is 1. The molecule has 5 heterocycles. The molecule has 198 valence electrons. The van der Waals surface area contributed by atoms with Crippen LogP contribution >= 0.6 is 0 Å². The number of amides is 1. The van der Waals surface area contributed by atoms with Gasteiger partial charge >= 0.3 is 6.09 Å².